The van der Waals surface area contributed by atoms with Gasteiger partial charge in [0.05, 0.1) is 25.2 Å². The predicted molar refractivity (Wildman–Crippen MR) is 60.1 cm³/mol. The van der Waals surface area contributed by atoms with Crippen LogP contribution in [0.4, 0.5) is 8.78 Å². The van der Waals surface area contributed by atoms with Gasteiger partial charge in [-0.05, 0) is 0 Å². The van der Waals surface area contributed by atoms with E-state index in [4.69, 9.17) is 9.84 Å². The number of hydrogen-bond acceptors (Lipinski definition) is 3. The third kappa shape index (κ3) is 1.98. The second kappa shape index (κ2) is 4.14. The standard InChI is InChI=1S/C10H15F2NO2.C2H6/c11-10(12)1-9(10,5-14)4-13-2-8(3-13)6-15-7-8;1-2/h14H,1-7H2;1-2H3. The molecule has 3 fully saturated rings. The molecule has 5 heteroatoms. The Labute approximate surface area is 101 Å². The van der Waals surface area contributed by atoms with Crippen molar-refractivity contribution in [3.05, 3.63) is 0 Å². The van der Waals surface area contributed by atoms with Gasteiger partial charge in [-0.2, -0.15) is 0 Å². The third-order valence-corrected chi connectivity index (χ3v) is 3.97. The molecule has 2 aliphatic heterocycles. The smallest absolute Gasteiger partial charge is 0.258 e. The van der Waals surface area contributed by atoms with Gasteiger partial charge in [0.1, 0.15) is 0 Å². The van der Waals surface area contributed by atoms with E-state index >= 15 is 0 Å². The van der Waals surface area contributed by atoms with Crippen LogP contribution < -0.4 is 0 Å². The highest BCUT2D eigenvalue weighted by Gasteiger charge is 2.71. The fourth-order valence-electron chi connectivity index (χ4n) is 2.79. The number of ether oxygens (including phenoxy) is 1. The Hall–Kier alpha value is -0.260. The van der Waals surface area contributed by atoms with E-state index < -0.39 is 17.9 Å². The van der Waals surface area contributed by atoms with E-state index in [-0.39, 0.29) is 11.8 Å². The lowest BCUT2D eigenvalue weighted by atomic mass is 9.77. The van der Waals surface area contributed by atoms with Gasteiger partial charge in [0.2, 0.25) is 0 Å². The first-order valence-electron chi connectivity index (χ1n) is 6.30. The Kier molecular flexibility index (Phi) is 3.21. The zero-order valence-electron chi connectivity index (χ0n) is 10.5. The summed E-state index contributed by atoms with van der Waals surface area (Å²) in [5.41, 5.74) is -0.875. The minimum absolute atomic E-state index is 0.156. The molecule has 0 aromatic rings. The summed E-state index contributed by atoms with van der Waals surface area (Å²) in [5, 5.41) is 9.03. The van der Waals surface area contributed by atoms with Gasteiger partial charge in [0.15, 0.2) is 0 Å². The van der Waals surface area contributed by atoms with Crippen LogP contribution in [0, 0.1) is 10.8 Å². The van der Waals surface area contributed by atoms with E-state index in [9.17, 15) is 8.78 Å². The average molecular weight is 249 g/mol. The number of alkyl halides is 2. The first-order valence-corrected chi connectivity index (χ1v) is 6.30. The van der Waals surface area contributed by atoms with E-state index in [2.05, 4.69) is 0 Å². The van der Waals surface area contributed by atoms with Crippen molar-refractivity contribution >= 4 is 0 Å². The Morgan fingerprint density at radius 3 is 2.06 bits per heavy atom. The van der Waals surface area contributed by atoms with Crippen molar-refractivity contribution in [3.63, 3.8) is 0 Å². The molecule has 0 aromatic heterocycles. The van der Waals surface area contributed by atoms with Crippen LogP contribution >= 0.6 is 0 Å². The summed E-state index contributed by atoms with van der Waals surface area (Å²) in [6.45, 7) is 7.17. The molecule has 1 N–H and O–H groups in total. The van der Waals surface area contributed by atoms with Gasteiger partial charge >= 0.3 is 0 Å². The van der Waals surface area contributed by atoms with E-state index in [0.29, 0.717) is 6.54 Å². The van der Waals surface area contributed by atoms with Crippen molar-refractivity contribution in [1.29, 1.82) is 0 Å². The van der Waals surface area contributed by atoms with Gasteiger partial charge in [-0.15, -0.1) is 0 Å². The molecule has 2 heterocycles. The second-order valence-corrected chi connectivity index (χ2v) is 5.46. The summed E-state index contributed by atoms with van der Waals surface area (Å²) in [4.78, 5) is 2.01. The van der Waals surface area contributed by atoms with E-state index in [0.717, 1.165) is 26.3 Å². The van der Waals surface area contributed by atoms with Crippen LogP contribution in [0.25, 0.3) is 0 Å². The molecule has 1 atom stereocenters. The monoisotopic (exact) mass is 249 g/mol. The Bertz CT molecular complexity index is 286. The number of hydrogen-bond donors (Lipinski definition) is 1. The SMILES string of the molecule is CC.OCC1(CN2CC3(COC3)C2)CC1(F)F. The van der Waals surface area contributed by atoms with Crippen molar-refractivity contribution in [2.75, 3.05) is 39.5 Å². The average Bonchev–Trinajstić information content (AvgIpc) is 2.75. The van der Waals surface area contributed by atoms with Gasteiger partial charge in [-0.1, -0.05) is 13.8 Å². The van der Waals surface area contributed by atoms with Crippen molar-refractivity contribution < 1.29 is 18.6 Å². The van der Waals surface area contributed by atoms with Gasteiger partial charge in [-0.25, -0.2) is 8.78 Å². The van der Waals surface area contributed by atoms with Crippen LogP contribution in [-0.2, 0) is 4.74 Å². The lowest BCUT2D eigenvalue weighted by molar-refractivity contribution is -0.194. The number of aliphatic hydroxyl groups is 1. The molecular formula is C12H21F2NO2. The zero-order valence-corrected chi connectivity index (χ0v) is 10.5. The van der Waals surface area contributed by atoms with Crippen LogP contribution in [0.5, 0.6) is 0 Å². The number of likely N-dealkylation sites (tertiary alicyclic amines) is 1. The number of halogens is 2. The molecule has 1 aliphatic carbocycles. The fourth-order valence-corrected chi connectivity index (χ4v) is 2.79. The molecule has 3 rings (SSSR count). The van der Waals surface area contributed by atoms with Gasteiger partial charge < -0.3 is 14.7 Å². The summed E-state index contributed by atoms with van der Waals surface area (Å²) < 4.78 is 31.2. The summed E-state index contributed by atoms with van der Waals surface area (Å²) in [5.74, 6) is -2.65. The second-order valence-electron chi connectivity index (χ2n) is 5.46. The molecule has 3 aliphatic rings. The van der Waals surface area contributed by atoms with Gasteiger partial charge in [0.25, 0.3) is 5.92 Å². The van der Waals surface area contributed by atoms with Crippen LogP contribution in [0.1, 0.15) is 20.3 Å². The maximum atomic E-state index is 13.0. The number of rotatable bonds is 3. The van der Waals surface area contributed by atoms with Crippen molar-refractivity contribution in [1.82, 2.24) is 4.90 Å². The molecule has 0 radical (unpaired) electrons. The van der Waals surface area contributed by atoms with Gasteiger partial charge in [0, 0.05) is 31.5 Å². The molecule has 0 amide bonds. The first-order chi connectivity index (χ1) is 8.01. The summed E-state index contributed by atoms with van der Waals surface area (Å²) in [7, 11) is 0. The molecule has 1 saturated carbocycles. The van der Waals surface area contributed by atoms with Crippen molar-refractivity contribution in [3.8, 4) is 0 Å². The highest BCUT2D eigenvalue weighted by molar-refractivity contribution is 5.13. The summed E-state index contributed by atoms with van der Waals surface area (Å²) in [6, 6.07) is 0. The quantitative estimate of drug-likeness (QED) is 0.820. The van der Waals surface area contributed by atoms with Crippen LogP contribution in [0.15, 0.2) is 0 Å². The molecule has 100 valence electrons. The van der Waals surface area contributed by atoms with E-state index in [1.165, 1.54) is 0 Å². The largest absolute Gasteiger partial charge is 0.396 e. The topological polar surface area (TPSA) is 32.7 Å². The van der Waals surface area contributed by atoms with Crippen molar-refractivity contribution in [2.45, 2.75) is 26.2 Å². The summed E-state index contributed by atoms with van der Waals surface area (Å²) >= 11 is 0. The number of aliphatic hydroxyl groups excluding tert-OH is 1. The molecule has 3 nitrogen and oxygen atoms in total. The molecule has 1 spiro atoms. The molecule has 1 unspecified atom stereocenters. The minimum atomic E-state index is -2.65. The maximum Gasteiger partial charge on any atom is 0.258 e. The minimum Gasteiger partial charge on any atom is -0.396 e. The normalized spacial score (nSPS) is 36.5. The highest BCUT2D eigenvalue weighted by Crippen LogP contribution is 2.61. The molecule has 17 heavy (non-hydrogen) atoms. The Morgan fingerprint density at radius 1 is 1.24 bits per heavy atom. The van der Waals surface area contributed by atoms with Crippen LogP contribution in [-0.4, -0.2) is 55.4 Å². The zero-order chi connectivity index (χ0) is 12.7. The van der Waals surface area contributed by atoms with Crippen LogP contribution in [0.3, 0.4) is 0 Å². The fraction of sp³-hybridized carbons (Fsp3) is 1.00. The van der Waals surface area contributed by atoms with E-state index in [1.807, 2.05) is 18.7 Å². The Balaban J connectivity index is 0.000000514. The lowest BCUT2D eigenvalue weighted by Gasteiger charge is -2.55. The van der Waals surface area contributed by atoms with Gasteiger partial charge in [-0.3, -0.25) is 0 Å². The molecular weight excluding hydrogens is 228 g/mol. The highest BCUT2D eigenvalue weighted by atomic mass is 19.3. The molecule has 2 saturated heterocycles. The molecule has 0 bridgehead atoms. The lowest BCUT2D eigenvalue weighted by Crippen LogP contribution is -2.66. The first kappa shape index (κ1) is 13.2. The third-order valence-electron chi connectivity index (χ3n) is 3.97. The Morgan fingerprint density at radius 2 is 1.76 bits per heavy atom. The number of nitrogens with zero attached hydrogens (tertiary/aromatic N) is 1. The maximum absolute atomic E-state index is 13.0. The summed E-state index contributed by atoms with van der Waals surface area (Å²) in [6.07, 6.45) is -0.156. The van der Waals surface area contributed by atoms with E-state index in [1.54, 1.807) is 0 Å². The van der Waals surface area contributed by atoms with Crippen molar-refractivity contribution in [2.24, 2.45) is 10.8 Å². The predicted octanol–water partition coefficient (Wildman–Crippen LogP) is 1.36. The van der Waals surface area contributed by atoms with Crippen LogP contribution in [0.2, 0.25) is 0 Å². The molecule has 0 aromatic carbocycles.